The summed E-state index contributed by atoms with van der Waals surface area (Å²) in [6.07, 6.45) is 13.1. The van der Waals surface area contributed by atoms with Gasteiger partial charge < -0.3 is 4.90 Å². The van der Waals surface area contributed by atoms with Crippen LogP contribution in [0.2, 0.25) is 0 Å². The summed E-state index contributed by atoms with van der Waals surface area (Å²) in [5.41, 5.74) is 0.692. The maximum atomic E-state index is 13.0. The van der Waals surface area contributed by atoms with Crippen molar-refractivity contribution < 1.29 is 4.79 Å². The third-order valence-electron chi connectivity index (χ3n) is 5.76. The number of fused-ring (bicyclic) bond motifs is 1. The van der Waals surface area contributed by atoms with Crippen molar-refractivity contribution in [3.8, 4) is 5.82 Å². The van der Waals surface area contributed by atoms with E-state index >= 15 is 0 Å². The number of amides is 1. The third kappa shape index (κ3) is 2.72. The molecule has 24 heavy (non-hydrogen) atoms. The highest BCUT2D eigenvalue weighted by molar-refractivity contribution is 5.94. The predicted octanol–water partition coefficient (Wildman–Crippen LogP) is 3.31. The van der Waals surface area contributed by atoms with Gasteiger partial charge in [0, 0.05) is 31.2 Å². The molecular weight excluding hydrogens is 300 g/mol. The number of hydrogen-bond donors (Lipinski definition) is 0. The monoisotopic (exact) mass is 324 g/mol. The summed E-state index contributed by atoms with van der Waals surface area (Å²) in [7, 11) is 0. The van der Waals surface area contributed by atoms with Crippen LogP contribution in [-0.4, -0.2) is 37.9 Å². The quantitative estimate of drug-likeness (QED) is 0.851. The van der Waals surface area contributed by atoms with E-state index in [2.05, 4.69) is 21.8 Å². The van der Waals surface area contributed by atoms with Gasteiger partial charge in [-0.3, -0.25) is 9.36 Å². The van der Waals surface area contributed by atoms with E-state index in [1.54, 1.807) is 18.7 Å². The summed E-state index contributed by atoms with van der Waals surface area (Å²) < 4.78 is 1.84. The maximum absolute atomic E-state index is 13.0. The molecule has 1 saturated heterocycles. The van der Waals surface area contributed by atoms with Gasteiger partial charge in [0.1, 0.15) is 12.1 Å². The molecule has 2 aromatic heterocycles. The van der Waals surface area contributed by atoms with E-state index in [0.29, 0.717) is 17.5 Å². The number of hydrogen-bond acceptors (Lipinski definition) is 3. The lowest BCUT2D eigenvalue weighted by molar-refractivity contribution is 0.0217. The summed E-state index contributed by atoms with van der Waals surface area (Å²) in [6, 6.07) is 4.20. The van der Waals surface area contributed by atoms with Gasteiger partial charge in [0.05, 0.1) is 5.56 Å². The molecule has 2 aliphatic rings. The fourth-order valence-electron chi connectivity index (χ4n) is 4.39. The Balaban J connectivity index is 1.54. The van der Waals surface area contributed by atoms with Crippen molar-refractivity contribution in [2.24, 2.45) is 11.8 Å². The van der Waals surface area contributed by atoms with Crippen LogP contribution >= 0.6 is 0 Å². The van der Waals surface area contributed by atoms with Gasteiger partial charge in [0.25, 0.3) is 5.91 Å². The lowest BCUT2D eigenvalue weighted by Crippen LogP contribution is -2.52. The van der Waals surface area contributed by atoms with E-state index < -0.39 is 0 Å². The first-order chi connectivity index (χ1) is 11.7. The Kier molecular flexibility index (Phi) is 4.08. The van der Waals surface area contributed by atoms with Gasteiger partial charge in [0.15, 0.2) is 0 Å². The molecule has 2 fully saturated rings. The Hall–Kier alpha value is -2.17. The van der Waals surface area contributed by atoms with Gasteiger partial charge in [-0.05, 0) is 43.2 Å². The Morgan fingerprint density at radius 3 is 2.83 bits per heavy atom. The number of carbonyl (C=O) groups is 1. The molecule has 3 unspecified atom stereocenters. The van der Waals surface area contributed by atoms with Crippen LogP contribution in [0.5, 0.6) is 0 Å². The number of nitrogens with zero attached hydrogens (tertiary/aromatic N) is 4. The smallest absolute Gasteiger partial charge is 0.255 e. The first-order valence-corrected chi connectivity index (χ1v) is 8.99. The minimum atomic E-state index is 0.142. The van der Waals surface area contributed by atoms with Crippen molar-refractivity contribution in [2.75, 3.05) is 6.54 Å². The largest absolute Gasteiger partial charge is 0.335 e. The molecule has 5 nitrogen and oxygen atoms in total. The Morgan fingerprint density at radius 2 is 2.08 bits per heavy atom. The summed E-state index contributed by atoms with van der Waals surface area (Å²) in [4.78, 5) is 23.6. The van der Waals surface area contributed by atoms with Crippen LogP contribution in [0.4, 0.5) is 0 Å². The zero-order valence-electron chi connectivity index (χ0n) is 14.1. The molecule has 1 saturated carbocycles. The topological polar surface area (TPSA) is 51.0 Å². The standard InChI is InChI=1S/C19H24N4O/c1-14-8-10-23(17-5-3-2-4-16(14)17)19(24)15-6-7-18(21-12-15)22-11-9-20-13-22/h6-7,9,11-14,16-17H,2-5,8,10H2,1H3. The lowest BCUT2D eigenvalue weighted by atomic mass is 9.72. The number of imidazole rings is 1. The van der Waals surface area contributed by atoms with E-state index in [4.69, 9.17) is 0 Å². The summed E-state index contributed by atoms with van der Waals surface area (Å²) in [6.45, 7) is 3.23. The van der Waals surface area contributed by atoms with Crippen molar-refractivity contribution in [1.29, 1.82) is 0 Å². The highest BCUT2D eigenvalue weighted by atomic mass is 16.2. The predicted molar refractivity (Wildman–Crippen MR) is 91.9 cm³/mol. The van der Waals surface area contributed by atoms with E-state index in [-0.39, 0.29) is 5.91 Å². The number of likely N-dealkylation sites (tertiary alicyclic amines) is 1. The van der Waals surface area contributed by atoms with Crippen molar-refractivity contribution in [2.45, 2.75) is 45.1 Å². The van der Waals surface area contributed by atoms with Gasteiger partial charge in [0.2, 0.25) is 0 Å². The molecular formula is C19H24N4O. The van der Waals surface area contributed by atoms with Crippen LogP contribution in [0.15, 0.2) is 37.1 Å². The molecule has 3 atom stereocenters. The number of piperidine rings is 1. The van der Waals surface area contributed by atoms with Crippen LogP contribution in [0.1, 0.15) is 49.4 Å². The average molecular weight is 324 g/mol. The Morgan fingerprint density at radius 1 is 1.21 bits per heavy atom. The van der Waals surface area contributed by atoms with Crippen molar-refractivity contribution in [1.82, 2.24) is 19.4 Å². The molecule has 1 aliphatic heterocycles. The molecule has 1 aliphatic carbocycles. The van der Waals surface area contributed by atoms with Crippen molar-refractivity contribution in [3.05, 3.63) is 42.6 Å². The SMILES string of the molecule is CC1CCN(C(=O)c2ccc(-n3ccnc3)nc2)C2CCCCC12. The maximum Gasteiger partial charge on any atom is 0.255 e. The fraction of sp³-hybridized carbons (Fsp3) is 0.526. The van der Waals surface area contributed by atoms with Crippen LogP contribution in [-0.2, 0) is 0 Å². The zero-order chi connectivity index (χ0) is 16.5. The van der Waals surface area contributed by atoms with E-state index in [0.717, 1.165) is 31.1 Å². The van der Waals surface area contributed by atoms with Gasteiger partial charge >= 0.3 is 0 Å². The van der Waals surface area contributed by atoms with E-state index in [1.807, 2.05) is 22.9 Å². The van der Waals surface area contributed by atoms with Gasteiger partial charge in [-0.2, -0.15) is 0 Å². The molecule has 126 valence electrons. The van der Waals surface area contributed by atoms with Crippen LogP contribution in [0.3, 0.4) is 0 Å². The molecule has 4 rings (SSSR count). The Labute approximate surface area is 142 Å². The molecule has 0 aromatic carbocycles. The van der Waals surface area contributed by atoms with E-state index in [1.165, 1.54) is 19.3 Å². The van der Waals surface area contributed by atoms with Crippen molar-refractivity contribution >= 4 is 5.91 Å². The highest BCUT2D eigenvalue weighted by Gasteiger charge is 2.39. The minimum absolute atomic E-state index is 0.142. The van der Waals surface area contributed by atoms with Gasteiger partial charge in [-0.25, -0.2) is 9.97 Å². The first kappa shape index (κ1) is 15.4. The van der Waals surface area contributed by atoms with Crippen LogP contribution < -0.4 is 0 Å². The normalized spacial score (nSPS) is 26.9. The molecule has 0 bridgehead atoms. The highest BCUT2D eigenvalue weighted by Crippen LogP contribution is 2.39. The lowest BCUT2D eigenvalue weighted by Gasteiger charge is -2.47. The molecule has 3 heterocycles. The van der Waals surface area contributed by atoms with Crippen LogP contribution in [0.25, 0.3) is 5.82 Å². The summed E-state index contributed by atoms with van der Waals surface area (Å²) in [5.74, 6) is 2.34. The molecule has 0 spiro atoms. The second-order valence-corrected chi connectivity index (χ2v) is 7.16. The zero-order valence-corrected chi connectivity index (χ0v) is 14.1. The van der Waals surface area contributed by atoms with Gasteiger partial charge in [-0.1, -0.05) is 19.8 Å². The molecule has 0 N–H and O–H groups in total. The first-order valence-electron chi connectivity index (χ1n) is 8.99. The molecule has 5 heteroatoms. The number of aromatic nitrogens is 3. The molecule has 0 radical (unpaired) electrons. The summed E-state index contributed by atoms with van der Waals surface area (Å²) >= 11 is 0. The number of pyridine rings is 1. The average Bonchev–Trinajstić information content (AvgIpc) is 3.17. The minimum Gasteiger partial charge on any atom is -0.335 e. The third-order valence-corrected chi connectivity index (χ3v) is 5.76. The second-order valence-electron chi connectivity index (χ2n) is 7.16. The Bertz CT molecular complexity index is 695. The van der Waals surface area contributed by atoms with Crippen molar-refractivity contribution in [3.63, 3.8) is 0 Å². The molecule has 1 amide bonds. The number of carbonyl (C=O) groups excluding carboxylic acids is 1. The fourth-order valence-corrected chi connectivity index (χ4v) is 4.39. The molecule has 2 aromatic rings. The van der Waals surface area contributed by atoms with E-state index in [9.17, 15) is 4.79 Å². The second kappa shape index (κ2) is 6.38. The van der Waals surface area contributed by atoms with Gasteiger partial charge in [-0.15, -0.1) is 0 Å². The summed E-state index contributed by atoms with van der Waals surface area (Å²) in [5, 5.41) is 0. The van der Waals surface area contributed by atoms with Crippen LogP contribution in [0, 0.1) is 11.8 Å². The number of rotatable bonds is 2.